The van der Waals surface area contributed by atoms with Crippen molar-refractivity contribution in [3.63, 3.8) is 0 Å². The van der Waals surface area contributed by atoms with Gasteiger partial charge in [0.25, 0.3) is 12.3 Å². The van der Waals surface area contributed by atoms with Gasteiger partial charge in [-0.15, -0.1) is 0 Å². The Morgan fingerprint density at radius 2 is 2.03 bits per heavy atom. The van der Waals surface area contributed by atoms with Gasteiger partial charge >= 0.3 is 0 Å². The van der Waals surface area contributed by atoms with Crippen LogP contribution in [0.1, 0.15) is 61.6 Å². The Labute approximate surface area is 207 Å². The van der Waals surface area contributed by atoms with E-state index in [2.05, 4.69) is 39.2 Å². The minimum atomic E-state index is -2.81. The number of carbonyl (C=O) groups is 1. The molecule has 3 aliphatic rings. The van der Waals surface area contributed by atoms with Crippen LogP contribution < -0.4 is 10.2 Å². The minimum Gasteiger partial charge on any atom is -0.374 e. The van der Waals surface area contributed by atoms with Crippen molar-refractivity contribution in [2.24, 2.45) is 0 Å². The molecule has 1 N–H and O–H groups in total. The Balaban J connectivity index is 1.23. The molecule has 36 heavy (non-hydrogen) atoms. The molecule has 2 atom stereocenters. The van der Waals surface area contributed by atoms with E-state index in [1.807, 2.05) is 6.07 Å². The number of likely N-dealkylation sites (tertiary alicyclic amines) is 1. The Morgan fingerprint density at radius 3 is 2.69 bits per heavy atom. The topological polar surface area (TPSA) is 92.8 Å². The zero-order valence-electron chi connectivity index (χ0n) is 20.3. The predicted molar refractivity (Wildman–Crippen MR) is 129 cm³/mol. The number of ether oxygens (including phenoxy) is 1. The second-order valence-electron chi connectivity index (χ2n) is 10.1. The smallest absolute Gasteiger partial charge is 0.284 e. The molecule has 1 amide bonds. The van der Waals surface area contributed by atoms with Crippen LogP contribution in [0.5, 0.6) is 0 Å². The number of amides is 1. The van der Waals surface area contributed by atoms with E-state index in [0.29, 0.717) is 18.3 Å². The van der Waals surface area contributed by atoms with Crippen LogP contribution in [-0.4, -0.2) is 79.6 Å². The van der Waals surface area contributed by atoms with Crippen molar-refractivity contribution in [1.82, 2.24) is 29.3 Å². The van der Waals surface area contributed by atoms with Crippen LogP contribution in [-0.2, 0) is 4.74 Å². The van der Waals surface area contributed by atoms with Gasteiger partial charge in [0.1, 0.15) is 11.4 Å². The zero-order valence-corrected chi connectivity index (χ0v) is 20.3. The van der Waals surface area contributed by atoms with Gasteiger partial charge in [-0.1, -0.05) is 0 Å². The summed E-state index contributed by atoms with van der Waals surface area (Å²) in [7, 11) is 0. The zero-order chi connectivity index (χ0) is 25.0. The summed E-state index contributed by atoms with van der Waals surface area (Å²) in [5.41, 5.74) is 0.190. The van der Waals surface area contributed by atoms with E-state index in [4.69, 9.17) is 9.72 Å². The highest BCUT2D eigenvalue weighted by molar-refractivity contribution is 6.08. The van der Waals surface area contributed by atoms with Crippen LogP contribution in [0.15, 0.2) is 24.7 Å². The van der Waals surface area contributed by atoms with Crippen LogP contribution in [0.4, 0.5) is 20.3 Å². The lowest BCUT2D eigenvalue weighted by Gasteiger charge is -2.34. The molecule has 0 aromatic carbocycles. The molecule has 6 rings (SSSR count). The standard InChI is InChI=1S/C24H30F2N8O2/c1-14(2)31-6-3-15(4-7-31)34-12-19(21(30-34)22(25)26)28-24(35)18-10-27-33-8-5-20(29-23(18)33)32-11-17-9-16(32)13-36-17/h5,8,10,12,14-17,22H,3-4,6-7,9,11,13H2,1-2H3,(H,28,35)/t16-,17-/m1/s1. The Hall–Kier alpha value is -3.12. The highest BCUT2D eigenvalue weighted by atomic mass is 19.3. The quantitative estimate of drug-likeness (QED) is 0.556. The van der Waals surface area contributed by atoms with Crippen molar-refractivity contribution in [3.8, 4) is 0 Å². The molecule has 0 radical (unpaired) electrons. The van der Waals surface area contributed by atoms with Crippen molar-refractivity contribution in [2.75, 3.05) is 36.5 Å². The Bertz CT molecular complexity index is 1270. The van der Waals surface area contributed by atoms with E-state index in [9.17, 15) is 13.6 Å². The molecule has 3 saturated heterocycles. The second kappa shape index (κ2) is 9.07. The SMILES string of the molecule is CC(C)N1CCC(n2cc(NC(=O)c3cnn4ccc(N5C[C@H]6C[C@@H]5CO6)nc34)c(C(F)F)n2)CC1. The molecule has 0 saturated carbocycles. The molecule has 0 spiro atoms. The summed E-state index contributed by atoms with van der Waals surface area (Å²) >= 11 is 0. The van der Waals surface area contributed by atoms with E-state index in [1.165, 1.54) is 16.9 Å². The average molecular weight is 501 g/mol. The number of piperidine rings is 1. The first kappa shape index (κ1) is 23.3. The molecule has 3 aromatic heterocycles. The van der Waals surface area contributed by atoms with E-state index >= 15 is 0 Å². The monoisotopic (exact) mass is 500 g/mol. The van der Waals surface area contributed by atoms with Gasteiger partial charge in [0.2, 0.25) is 0 Å². The first-order valence-corrected chi connectivity index (χ1v) is 12.5. The van der Waals surface area contributed by atoms with Crippen molar-refractivity contribution in [3.05, 3.63) is 35.9 Å². The van der Waals surface area contributed by atoms with Crippen molar-refractivity contribution >= 4 is 23.1 Å². The number of hydrogen-bond donors (Lipinski definition) is 1. The van der Waals surface area contributed by atoms with E-state index < -0.39 is 18.0 Å². The third-order valence-electron chi connectivity index (χ3n) is 7.61. The van der Waals surface area contributed by atoms with Gasteiger partial charge in [-0.05, 0) is 39.2 Å². The highest BCUT2D eigenvalue weighted by Crippen LogP contribution is 2.33. The fourth-order valence-corrected chi connectivity index (χ4v) is 5.57. The van der Waals surface area contributed by atoms with Gasteiger partial charge < -0.3 is 19.9 Å². The predicted octanol–water partition coefficient (Wildman–Crippen LogP) is 3.14. The molecule has 3 aliphatic heterocycles. The molecule has 0 aliphatic carbocycles. The number of hydrogen-bond acceptors (Lipinski definition) is 7. The van der Waals surface area contributed by atoms with Crippen LogP contribution >= 0.6 is 0 Å². The number of halogens is 2. The van der Waals surface area contributed by atoms with Gasteiger partial charge in [0.15, 0.2) is 11.3 Å². The third-order valence-corrected chi connectivity index (χ3v) is 7.61. The number of morpholine rings is 1. The summed E-state index contributed by atoms with van der Waals surface area (Å²) < 4.78 is 36.5. The number of nitrogens with one attached hydrogen (secondary N) is 1. The number of aromatic nitrogens is 5. The number of nitrogens with zero attached hydrogens (tertiary/aromatic N) is 7. The maximum atomic E-state index is 13.8. The lowest BCUT2D eigenvalue weighted by atomic mass is 10.0. The molecule has 192 valence electrons. The van der Waals surface area contributed by atoms with Gasteiger partial charge in [0, 0.05) is 38.1 Å². The lowest BCUT2D eigenvalue weighted by Crippen LogP contribution is -2.39. The molecule has 2 bridgehead atoms. The summed E-state index contributed by atoms with van der Waals surface area (Å²) in [4.78, 5) is 22.4. The van der Waals surface area contributed by atoms with E-state index in [-0.39, 0.29) is 29.4 Å². The number of alkyl halides is 2. The number of fused-ring (bicyclic) bond motifs is 3. The van der Waals surface area contributed by atoms with Crippen LogP contribution in [0, 0.1) is 0 Å². The first-order valence-electron chi connectivity index (χ1n) is 12.5. The van der Waals surface area contributed by atoms with Crippen molar-refractivity contribution in [1.29, 1.82) is 0 Å². The van der Waals surface area contributed by atoms with Crippen LogP contribution in [0.25, 0.3) is 5.65 Å². The van der Waals surface area contributed by atoms with Gasteiger partial charge in [-0.3, -0.25) is 9.48 Å². The molecular weight excluding hydrogens is 470 g/mol. The van der Waals surface area contributed by atoms with Crippen molar-refractivity contribution in [2.45, 2.75) is 63.8 Å². The highest BCUT2D eigenvalue weighted by Gasteiger charge is 2.39. The summed E-state index contributed by atoms with van der Waals surface area (Å²) in [6.45, 7) is 7.50. The second-order valence-corrected chi connectivity index (χ2v) is 10.1. The van der Waals surface area contributed by atoms with Crippen LogP contribution in [0.3, 0.4) is 0 Å². The summed E-state index contributed by atoms with van der Waals surface area (Å²) in [5.74, 6) is 0.207. The Kier molecular flexibility index (Phi) is 5.87. The number of carbonyl (C=O) groups excluding carboxylic acids is 1. The van der Waals surface area contributed by atoms with Gasteiger partial charge in [-0.25, -0.2) is 18.3 Å². The first-order chi connectivity index (χ1) is 17.4. The van der Waals surface area contributed by atoms with Gasteiger partial charge in [0.05, 0.1) is 36.7 Å². The van der Waals surface area contributed by atoms with E-state index in [1.54, 1.807) is 10.9 Å². The summed E-state index contributed by atoms with van der Waals surface area (Å²) in [5, 5.41) is 11.0. The Morgan fingerprint density at radius 1 is 1.22 bits per heavy atom. The van der Waals surface area contributed by atoms with Crippen molar-refractivity contribution < 1.29 is 18.3 Å². The third kappa shape index (κ3) is 4.11. The van der Waals surface area contributed by atoms with Crippen LogP contribution in [0.2, 0.25) is 0 Å². The molecule has 12 heteroatoms. The van der Waals surface area contributed by atoms with Gasteiger partial charge in [-0.2, -0.15) is 10.2 Å². The molecule has 3 aromatic rings. The number of anilines is 2. The fraction of sp³-hybridized carbons (Fsp3) is 0.583. The maximum Gasteiger partial charge on any atom is 0.284 e. The normalized spacial score (nSPS) is 23.0. The lowest BCUT2D eigenvalue weighted by molar-refractivity contribution is 0.0988. The molecule has 10 nitrogen and oxygen atoms in total. The number of rotatable bonds is 6. The summed E-state index contributed by atoms with van der Waals surface area (Å²) in [6.07, 6.45) is 4.71. The van der Waals surface area contributed by atoms with E-state index in [0.717, 1.165) is 44.7 Å². The molecule has 0 unspecified atom stereocenters. The minimum absolute atomic E-state index is 0.0177. The molecular formula is C24H30F2N8O2. The average Bonchev–Trinajstić information content (AvgIpc) is 3.66. The molecule has 6 heterocycles. The maximum absolute atomic E-state index is 13.8. The summed E-state index contributed by atoms with van der Waals surface area (Å²) in [6, 6.07) is 2.61. The fourth-order valence-electron chi connectivity index (χ4n) is 5.57. The molecule has 3 fully saturated rings. The largest absolute Gasteiger partial charge is 0.374 e.